The van der Waals surface area contributed by atoms with Crippen molar-refractivity contribution in [2.45, 2.75) is 71.9 Å². The van der Waals surface area contributed by atoms with Crippen molar-refractivity contribution in [1.29, 1.82) is 5.41 Å². The molecule has 0 saturated heterocycles. The Bertz CT molecular complexity index is 1170. The lowest BCUT2D eigenvalue weighted by Crippen LogP contribution is -2.55. The fourth-order valence-electron chi connectivity index (χ4n) is 4.39. The molecular formula is C32H46ClN5O3. The minimum atomic E-state index is -0.958. The molecule has 0 aromatic heterocycles. The van der Waals surface area contributed by atoms with E-state index in [4.69, 9.17) is 27.5 Å². The maximum absolute atomic E-state index is 13.3. The van der Waals surface area contributed by atoms with Crippen LogP contribution in [0.5, 0.6) is 5.75 Å². The van der Waals surface area contributed by atoms with Crippen LogP contribution in [0.1, 0.15) is 58.1 Å². The van der Waals surface area contributed by atoms with Crippen LogP contribution in [0.3, 0.4) is 0 Å². The molecule has 2 amide bonds. The van der Waals surface area contributed by atoms with Gasteiger partial charge in [0.15, 0.2) is 0 Å². The number of allylic oxidation sites excluding steroid dienone is 1. The van der Waals surface area contributed by atoms with Crippen LogP contribution in [0.4, 0.5) is 0 Å². The number of nitrogens with two attached hydrogens (primary N) is 1. The summed E-state index contributed by atoms with van der Waals surface area (Å²) in [6, 6.07) is 14.0. The molecule has 3 atom stereocenters. The normalized spacial score (nSPS) is 13.1. The molecule has 0 heterocycles. The second kappa shape index (κ2) is 17.3. The van der Waals surface area contributed by atoms with Gasteiger partial charge in [0, 0.05) is 23.7 Å². The molecule has 9 heteroatoms. The van der Waals surface area contributed by atoms with Crippen molar-refractivity contribution in [3.63, 3.8) is 0 Å². The highest BCUT2D eigenvalue weighted by molar-refractivity contribution is 6.30. The van der Waals surface area contributed by atoms with E-state index in [-0.39, 0.29) is 35.9 Å². The Morgan fingerprint density at radius 3 is 2.46 bits per heavy atom. The Morgan fingerprint density at radius 1 is 1.07 bits per heavy atom. The van der Waals surface area contributed by atoms with Crippen LogP contribution < -0.4 is 26.4 Å². The van der Waals surface area contributed by atoms with E-state index in [1.807, 2.05) is 69.3 Å². The van der Waals surface area contributed by atoms with Crippen molar-refractivity contribution >= 4 is 29.3 Å². The number of nitrogens with one attached hydrogen (secondary N) is 4. The van der Waals surface area contributed by atoms with Crippen LogP contribution in [0.25, 0.3) is 0 Å². The summed E-state index contributed by atoms with van der Waals surface area (Å²) in [6.07, 6.45) is 2.99. The molecule has 8 nitrogen and oxygen atoms in total. The minimum absolute atomic E-state index is 0.0383. The lowest BCUT2D eigenvalue weighted by Gasteiger charge is -2.28. The molecule has 0 aliphatic rings. The van der Waals surface area contributed by atoms with E-state index in [1.54, 1.807) is 0 Å². The zero-order valence-electron chi connectivity index (χ0n) is 24.8. The SMILES string of the molecule is C=C(N[C@@H](C(=O)N[C@@H](CC(=N)N)C(=O)NCCCc1ccccc1OCCC)C(C)C)[C@H](C)Cc1cccc(Cl)c1. The maximum atomic E-state index is 13.3. The van der Waals surface area contributed by atoms with Crippen LogP contribution in [-0.4, -0.2) is 42.9 Å². The molecule has 0 unspecified atom stereocenters. The van der Waals surface area contributed by atoms with Crippen molar-refractivity contribution in [1.82, 2.24) is 16.0 Å². The van der Waals surface area contributed by atoms with E-state index in [0.29, 0.717) is 31.0 Å². The summed E-state index contributed by atoms with van der Waals surface area (Å²) < 4.78 is 5.82. The molecule has 0 fully saturated rings. The Hall–Kier alpha value is -3.52. The van der Waals surface area contributed by atoms with Gasteiger partial charge in [0.1, 0.15) is 17.8 Å². The molecule has 2 rings (SSSR count). The van der Waals surface area contributed by atoms with Gasteiger partial charge < -0.3 is 26.4 Å². The molecule has 0 aliphatic heterocycles. The summed E-state index contributed by atoms with van der Waals surface area (Å²) in [6.45, 7) is 13.2. The Balaban J connectivity index is 1.96. The highest BCUT2D eigenvalue weighted by Gasteiger charge is 2.29. The average Bonchev–Trinajstić information content (AvgIpc) is 2.92. The van der Waals surface area contributed by atoms with Crippen molar-refractivity contribution in [3.05, 3.63) is 77.0 Å². The zero-order chi connectivity index (χ0) is 30.4. The third-order valence-electron chi connectivity index (χ3n) is 6.73. The number of carbonyl (C=O) groups excluding carboxylic acids is 2. The number of amides is 2. The second-order valence-corrected chi connectivity index (χ2v) is 11.2. The number of para-hydroxylation sites is 1. The number of benzene rings is 2. The smallest absolute Gasteiger partial charge is 0.243 e. The van der Waals surface area contributed by atoms with E-state index < -0.39 is 12.1 Å². The average molecular weight is 584 g/mol. The van der Waals surface area contributed by atoms with Crippen LogP contribution in [0.15, 0.2) is 60.8 Å². The molecular weight excluding hydrogens is 538 g/mol. The van der Waals surface area contributed by atoms with Gasteiger partial charge in [-0.15, -0.1) is 0 Å². The van der Waals surface area contributed by atoms with Crippen LogP contribution >= 0.6 is 11.6 Å². The minimum Gasteiger partial charge on any atom is -0.493 e. The molecule has 41 heavy (non-hydrogen) atoms. The summed E-state index contributed by atoms with van der Waals surface area (Å²) in [5.74, 6) is -0.0872. The van der Waals surface area contributed by atoms with Gasteiger partial charge in [-0.3, -0.25) is 15.0 Å². The van der Waals surface area contributed by atoms with Gasteiger partial charge in [0.25, 0.3) is 0 Å². The topological polar surface area (TPSA) is 129 Å². The monoisotopic (exact) mass is 583 g/mol. The quantitative estimate of drug-likeness (QED) is 0.0958. The van der Waals surface area contributed by atoms with Crippen molar-refractivity contribution in [2.75, 3.05) is 13.2 Å². The highest BCUT2D eigenvalue weighted by atomic mass is 35.5. The molecule has 0 bridgehead atoms. The molecule has 2 aromatic rings. The number of hydrogen-bond donors (Lipinski definition) is 5. The number of carbonyl (C=O) groups is 2. The van der Waals surface area contributed by atoms with Crippen LogP contribution in [0.2, 0.25) is 5.02 Å². The van der Waals surface area contributed by atoms with Gasteiger partial charge in [0.2, 0.25) is 11.8 Å². The van der Waals surface area contributed by atoms with Gasteiger partial charge in [0.05, 0.1) is 12.4 Å². The van der Waals surface area contributed by atoms with Crippen LogP contribution in [-0.2, 0) is 22.4 Å². The largest absolute Gasteiger partial charge is 0.493 e. The first kappa shape index (κ1) is 33.7. The predicted molar refractivity (Wildman–Crippen MR) is 167 cm³/mol. The Morgan fingerprint density at radius 2 is 1.80 bits per heavy atom. The number of rotatable bonds is 18. The van der Waals surface area contributed by atoms with Crippen molar-refractivity contribution in [2.24, 2.45) is 17.6 Å². The lowest BCUT2D eigenvalue weighted by atomic mass is 9.96. The van der Waals surface area contributed by atoms with Crippen LogP contribution in [0, 0.1) is 17.2 Å². The second-order valence-electron chi connectivity index (χ2n) is 10.8. The summed E-state index contributed by atoms with van der Waals surface area (Å²) in [4.78, 5) is 26.4. The van der Waals surface area contributed by atoms with Crippen molar-refractivity contribution < 1.29 is 14.3 Å². The van der Waals surface area contributed by atoms with Gasteiger partial charge in [-0.25, -0.2) is 0 Å². The molecule has 0 saturated carbocycles. The molecule has 0 radical (unpaired) electrons. The molecule has 0 spiro atoms. The first-order valence-electron chi connectivity index (χ1n) is 14.3. The highest BCUT2D eigenvalue weighted by Crippen LogP contribution is 2.20. The fourth-order valence-corrected chi connectivity index (χ4v) is 4.60. The summed E-state index contributed by atoms with van der Waals surface area (Å²) in [7, 11) is 0. The fraction of sp³-hybridized carbons (Fsp3) is 0.469. The Kier molecular flexibility index (Phi) is 14.2. The number of ether oxygens (including phenoxy) is 1. The number of amidine groups is 1. The van der Waals surface area contributed by atoms with Crippen molar-refractivity contribution in [3.8, 4) is 5.75 Å². The third kappa shape index (κ3) is 11.9. The van der Waals surface area contributed by atoms with Gasteiger partial charge in [-0.1, -0.05) is 76.2 Å². The van der Waals surface area contributed by atoms with E-state index in [1.165, 1.54) is 0 Å². The first-order valence-corrected chi connectivity index (χ1v) is 14.7. The maximum Gasteiger partial charge on any atom is 0.243 e. The number of halogens is 1. The van der Waals surface area contributed by atoms with Gasteiger partial charge in [-0.05, 0) is 66.8 Å². The predicted octanol–water partition coefficient (Wildman–Crippen LogP) is 5.00. The molecule has 2 aromatic carbocycles. The van der Waals surface area contributed by atoms with E-state index in [9.17, 15) is 9.59 Å². The standard InChI is InChI=1S/C32H46ClN5O3/c1-6-17-41-28-15-8-7-12-25(28)13-10-16-36-31(39)27(20-29(34)35)38-32(40)30(21(2)3)37-23(5)22(4)18-24-11-9-14-26(33)19-24/h7-9,11-12,14-15,19,21-22,27,30,37H,5-6,10,13,16-18,20H2,1-4H3,(H3,34,35)(H,36,39)(H,38,40)/t22-,27+,30-/m1/s1. The van der Waals surface area contributed by atoms with E-state index in [2.05, 4.69) is 29.5 Å². The summed E-state index contributed by atoms with van der Waals surface area (Å²) in [5, 5.41) is 17.4. The molecule has 224 valence electrons. The zero-order valence-corrected chi connectivity index (χ0v) is 25.5. The Labute approximate surface area is 250 Å². The summed E-state index contributed by atoms with van der Waals surface area (Å²) >= 11 is 6.12. The summed E-state index contributed by atoms with van der Waals surface area (Å²) in [5.41, 5.74) is 8.51. The van der Waals surface area contributed by atoms with Gasteiger partial charge >= 0.3 is 0 Å². The lowest BCUT2D eigenvalue weighted by molar-refractivity contribution is -0.130. The van der Waals surface area contributed by atoms with Gasteiger partial charge in [-0.2, -0.15) is 0 Å². The van der Waals surface area contributed by atoms with E-state index >= 15 is 0 Å². The number of hydrogen-bond acceptors (Lipinski definition) is 5. The first-order chi connectivity index (χ1) is 19.5. The van der Waals surface area contributed by atoms with E-state index in [0.717, 1.165) is 35.4 Å². The number of aryl methyl sites for hydroxylation is 1. The molecule has 6 N–H and O–H groups in total. The third-order valence-corrected chi connectivity index (χ3v) is 6.96. The molecule has 0 aliphatic carbocycles.